The maximum Gasteiger partial charge on any atom is 0.0186 e. The first-order valence-electron chi connectivity index (χ1n) is 3.23. The molecule has 0 N–H and O–H groups in total. The van der Waals surface area contributed by atoms with Crippen LogP contribution in [0.1, 0.15) is 20.3 Å². The van der Waals surface area contributed by atoms with E-state index in [2.05, 4.69) is 19.9 Å². The summed E-state index contributed by atoms with van der Waals surface area (Å²) in [5.74, 6) is 0.641. The van der Waals surface area contributed by atoms with E-state index < -0.39 is 0 Å². The number of hydrogen-bond donors (Lipinski definition) is 0. The van der Waals surface area contributed by atoms with Gasteiger partial charge >= 0.3 is 0 Å². The summed E-state index contributed by atoms with van der Waals surface area (Å²) in [7, 11) is 0. The molecule has 0 aliphatic heterocycles. The van der Waals surface area contributed by atoms with Crippen molar-refractivity contribution in [2.24, 2.45) is 5.92 Å². The molecule has 0 saturated carbocycles. The van der Waals surface area contributed by atoms with Gasteiger partial charge in [-0.05, 0) is 25.3 Å². The Morgan fingerprint density at radius 3 is 2.67 bits per heavy atom. The van der Waals surface area contributed by atoms with Crippen LogP contribution in [0.4, 0.5) is 0 Å². The Morgan fingerprint density at radius 2 is 2.22 bits per heavy atom. The van der Waals surface area contributed by atoms with E-state index in [9.17, 15) is 0 Å². The molecule has 0 amide bonds. The number of hydrogen-bond acceptors (Lipinski definition) is 0. The highest BCUT2D eigenvalue weighted by Gasteiger charge is 2.08. The van der Waals surface area contributed by atoms with Crippen LogP contribution >= 0.6 is 11.6 Å². The van der Waals surface area contributed by atoms with E-state index in [-0.39, 0.29) is 0 Å². The van der Waals surface area contributed by atoms with Crippen LogP contribution < -0.4 is 0 Å². The third kappa shape index (κ3) is 1.59. The second-order valence-corrected chi connectivity index (χ2v) is 3.11. The lowest BCUT2D eigenvalue weighted by atomic mass is 9.95. The summed E-state index contributed by atoms with van der Waals surface area (Å²) in [4.78, 5) is 0. The molecular weight excluding hydrogens is 132 g/mol. The van der Waals surface area contributed by atoms with Gasteiger partial charge in [0.2, 0.25) is 0 Å². The number of halogens is 1. The van der Waals surface area contributed by atoms with E-state index in [0.29, 0.717) is 5.92 Å². The first kappa shape index (κ1) is 6.88. The molecule has 0 heterocycles. The predicted octanol–water partition coefficient (Wildman–Crippen LogP) is 3.10. The molecule has 1 heteroatoms. The van der Waals surface area contributed by atoms with Gasteiger partial charge in [-0.25, -0.2) is 0 Å². The molecule has 0 aromatic rings. The smallest absolute Gasteiger partial charge is 0.0186 e. The van der Waals surface area contributed by atoms with Crippen molar-refractivity contribution in [1.29, 1.82) is 0 Å². The molecule has 0 radical (unpaired) electrons. The van der Waals surface area contributed by atoms with Crippen LogP contribution in [-0.4, -0.2) is 0 Å². The SMILES string of the molecule is CC1=CC=C(Cl)CC1C. The fourth-order valence-corrected chi connectivity index (χ4v) is 1.20. The maximum atomic E-state index is 5.79. The van der Waals surface area contributed by atoms with Gasteiger partial charge in [-0.15, -0.1) is 0 Å². The monoisotopic (exact) mass is 142 g/mol. The number of rotatable bonds is 0. The minimum Gasteiger partial charge on any atom is -0.0891 e. The molecule has 0 aromatic carbocycles. The summed E-state index contributed by atoms with van der Waals surface area (Å²) in [5.41, 5.74) is 1.43. The largest absolute Gasteiger partial charge is 0.0891 e. The van der Waals surface area contributed by atoms with Gasteiger partial charge in [0, 0.05) is 5.03 Å². The molecule has 0 bridgehead atoms. The van der Waals surface area contributed by atoms with Crippen molar-refractivity contribution in [2.45, 2.75) is 20.3 Å². The number of allylic oxidation sites excluding steroid dienone is 4. The average Bonchev–Trinajstić information content (AvgIpc) is 1.80. The zero-order chi connectivity index (χ0) is 6.85. The van der Waals surface area contributed by atoms with E-state index in [0.717, 1.165) is 11.5 Å². The molecule has 1 unspecified atom stereocenters. The molecule has 1 atom stereocenters. The summed E-state index contributed by atoms with van der Waals surface area (Å²) in [5, 5.41) is 0.980. The van der Waals surface area contributed by atoms with Crippen molar-refractivity contribution in [2.75, 3.05) is 0 Å². The third-order valence-electron chi connectivity index (χ3n) is 1.81. The van der Waals surface area contributed by atoms with Crippen molar-refractivity contribution < 1.29 is 0 Å². The van der Waals surface area contributed by atoms with Crippen LogP contribution in [0.2, 0.25) is 0 Å². The second-order valence-electron chi connectivity index (χ2n) is 2.63. The van der Waals surface area contributed by atoms with Crippen LogP contribution in [0.3, 0.4) is 0 Å². The minimum atomic E-state index is 0.641. The highest BCUT2D eigenvalue weighted by molar-refractivity contribution is 6.29. The predicted molar refractivity (Wildman–Crippen MR) is 41.5 cm³/mol. The lowest BCUT2D eigenvalue weighted by Gasteiger charge is -2.14. The van der Waals surface area contributed by atoms with Crippen molar-refractivity contribution in [1.82, 2.24) is 0 Å². The summed E-state index contributed by atoms with van der Waals surface area (Å²) in [6, 6.07) is 0. The molecule has 1 rings (SSSR count). The molecule has 1 aliphatic carbocycles. The fraction of sp³-hybridized carbons (Fsp3) is 0.500. The Hall–Kier alpha value is -0.230. The molecule has 50 valence electrons. The highest BCUT2D eigenvalue weighted by atomic mass is 35.5. The third-order valence-corrected chi connectivity index (χ3v) is 2.09. The standard InChI is InChI=1S/C8H11Cl/c1-6-3-4-8(9)5-7(6)2/h3-4,7H,5H2,1-2H3. The average molecular weight is 143 g/mol. The minimum absolute atomic E-state index is 0.641. The highest BCUT2D eigenvalue weighted by Crippen LogP contribution is 2.25. The van der Waals surface area contributed by atoms with E-state index >= 15 is 0 Å². The van der Waals surface area contributed by atoms with Gasteiger partial charge in [-0.3, -0.25) is 0 Å². The van der Waals surface area contributed by atoms with Crippen molar-refractivity contribution >= 4 is 11.6 Å². The van der Waals surface area contributed by atoms with Gasteiger partial charge in [0.25, 0.3) is 0 Å². The van der Waals surface area contributed by atoms with E-state index in [1.165, 1.54) is 5.57 Å². The topological polar surface area (TPSA) is 0 Å². The van der Waals surface area contributed by atoms with E-state index in [1.54, 1.807) is 0 Å². The van der Waals surface area contributed by atoms with Crippen LogP contribution in [0.25, 0.3) is 0 Å². The zero-order valence-electron chi connectivity index (χ0n) is 5.82. The summed E-state index contributed by atoms with van der Waals surface area (Å²) >= 11 is 5.79. The maximum absolute atomic E-state index is 5.79. The quantitative estimate of drug-likeness (QED) is 0.488. The van der Waals surface area contributed by atoms with Gasteiger partial charge in [0.15, 0.2) is 0 Å². The first-order chi connectivity index (χ1) is 4.20. The first-order valence-corrected chi connectivity index (χ1v) is 3.61. The van der Waals surface area contributed by atoms with Crippen LogP contribution in [0.15, 0.2) is 22.8 Å². The lowest BCUT2D eigenvalue weighted by molar-refractivity contribution is 0.679. The molecule has 0 fully saturated rings. The molecule has 0 nitrogen and oxygen atoms in total. The molecule has 1 aliphatic rings. The van der Waals surface area contributed by atoms with Gasteiger partial charge in [-0.2, -0.15) is 0 Å². The molecule has 9 heavy (non-hydrogen) atoms. The second kappa shape index (κ2) is 2.57. The Balaban J connectivity index is 2.74. The Bertz CT molecular complexity index is 165. The Kier molecular flexibility index (Phi) is 1.97. The molecule has 0 aromatic heterocycles. The fourth-order valence-electron chi connectivity index (χ4n) is 0.908. The summed E-state index contributed by atoms with van der Waals surface area (Å²) < 4.78 is 0. The zero-order valence-corrected chi connectivity index (χ0v) is 6.57. The molecular formula is C8H11Cl. The van der Waals surface area contributed by atoms with Gasteiger partial charge in [0.05, 0.1) is 0 Å². The summed E-state index contributed by atoms with van der Waals surface area (Å²) in [6.45, 7) is 4.34. The normalized spacial score (nSPS) is 27.2. The van der Waals surface area contributed by atoms with Gasteiger partial charge < -0.3 is 0 Å². The van der Waals surface area contributed by atoms with Crippen LogP contribution in [0.5, 0.6) is 0 Å². The van der Waals surface area contributed by atoms with Crippen LogP contribution in [-0.2, 0) is 0 Å². The lowest BCUT2D eigenvalue weighted by Crippen LogP contribution is -1.99. The molecule has 0 spiro atoms. The van der Waals surface area contributed by atoms with Gasteiger partial charge in [0.1, 0.15) is 0 Å². The van der Waals surface area contributed by atoms with E-state index in [1.807, 2.05) is 6.08 Å². The van der Waals surface area contributed by atoms with Crippen molar-refractivity contribution in [3.05, 3.63) is 22.8 Å². The summed E-state index contributed by atoms with van der Waals surface area (Å²) in [6.07, 6.45) is 5.09. The van der Waals surface area contributed by atoms with Crippen LogP contribution in [0, 0.1) is 5.92 Å². The van der Waals surface area contributed by atoms with E-state index in [4.69, 9.17) is 11.6 Å². The van der Waals surface area contributed by atoms with Crippen molar-refractivity contribution in [3.8, 4) is 0 Å². The molecule has 0 saturated heterocycles. The Morgan fingerprint density at radius 1 is 1.56 bits per heavy atom. The Labute approximate surface area is 61.2 Å². The van der Waals surface area contributed by atoms with Crippen molar-refractivity contribution in [3.63, 3.8) is 0 Å². The van der Waals surface area contributed by atoms with Gasteiger partial charge in [-0.1, -0.05) is 30.2 Å².